The lowest BCUT2D eigenvalue weighted by Gasteiger charge is -2.34. The Kier molecular flexibility index (Phi) is 6.25. The second-order valence-electron chi connectivity index (χ2n) is 6.03. The minimum absolute atomic E-state index is 0.0666. The maximum Gasteiger partial charge on any atom is 0.344 e. The maximum atomic E-state index is 13.4. The van der Waals surface area contributed by atoms with Crippen molar-refractivity contribution in [3.05, 3.63) is 54.2 Å². The fourth-order valence-electron chi connectivity index (χ4n) is 2.69. The fraction of sp³-hybridized carbons (Fsp3) is 0.316. The number of carbonyl (C=O) groups excluding carboxylic acids is 3. The minimum Gasteiger partial charge on any atom is -0.479 e. The van der Waals surface area contributed by atoms with Gasteiger partial charge in [0.15, 0.2) is 30.5 Å². The number of benzene rings is 1. The number of amides is 2. The lowest BCUT2D eigenvalue weighted by atomic mass is 10.3. The van der Waals surface area contributed by atoms with Crippen LogP contribution in [-0.4, -0.2) is 67.0 Å². The zero-order valence-corrected chi connectivity index (χ0v) is 15.0. The third-order valence-corrected chi connectivity index (χ3v) is 4.19. The van der Waals surface area contributed by atoms with Crippen LogP contribution in [0.3, 0.4) is 0 Å². The summed E-state index contributed by atoms with van der Waals surface area (Å²) in [5.41, 5.74) is 0. The first-order chi connectivity index (χ1) is 13.5. The molecule has 1 aromatic heterocycles. The van der Waals surface area contributed by atoms with Crippen LogP contribution < -0.4 is 4.74 Å². The van der Waals surface area contributed by atoms with Crippen LogP contribution in [0.15, 0.2) is 47.1 Å². The zero-order chi connectivity index (χ0) is 19.9. The Balaban J connectivity index is 1.38. The Bertz CT molecular complexity index is 831. The summed E-state index contributed by atoms with van der Waals surface area (Å²) >= 11 is 0. The molecule has 0 unspecified atom stereocenters. The molecule has 8 nitrogen and oxygen atoms in total. The highest BCUT2D eigenvalue weighted by atomic mass is 19.1. The number of ether oxygens (including phenoxy) is 2. The second-order valence-corrected chi connectivity index (χ2v) is 6.03. The molecule has 9 heteroatoms. The van der Waals surface area contributed by atoms with Crippen LogP contribution in [0.1, 0.15) is 10.6 Å². The van der Waals surface area contributed by atoms with E-state index in [4.69, 9.17) is 13.9 Å². The number of rotatable bonds is 6. The highest BCUT2D eigenvalue weighted by Gasteiger charge is 2.26. The summed E-state index contributed by atoms with van der Waals surface area (Å²) in [6.45, 7) is 0.430. The van der Waals surface area contributed by atoms with Crippen LogP contribution in [0.2, 0.25) is 0 Å². The minimum atomic E-state index is -0.775. The maximum absolute atomic E-state index is 13.4. The molecule has 28 heavy (non-hydrogen) atoms. The highest BCUT2D eigenvalue weighted by molar-refractivity contribution is 5.91. The van der Waals surface area contributed by atoms with E-state index in [-0.39, 0.29) is 23.3 Å². The fourth-order valence-corrected chi connectivity index (χ4v) is 2.69. The van der Waals surface area contributed by atoms with Gasteiger partial charge in [-0.15, -0.1) is 0 Å². The van der Waals surface area contributed by atoms with Crippen molar-refractivity contribution in [3.63, 3.8) is 0 Å². The van der Waals surface area contributed by atoms with Gasteiger partial charge in [-0.3, -0.25) is 9.59 Å². The summed E-state index contributed by atoms with van der Waals surface area (Å²) in [5, 5.41) is 0. The molecule has 1 aromatic carbocycles. The molecule has 148 valence electrons. The monoisotopic (exact) mass is 390 g/mol. The van der Waals surface area contributed by atoms with Crippen molar-refractivity contribution in [3.8, 4) is 5.75 Å². The number of hydrogen-bond acceptors (Lipinski definition) is 6. The molecule has 0 spiro atoms. The molecule has 3 rings (SSSR count). The molecule has 0 N–H and O–H groups in total. The molecule has 1 aliphatic rings. The van der Waals surface area contributed by atoms with Crippen molar-refractivity contribution in [1.82, 2.24) is 9.80 Å². The SMILES string of the molecule is O=C(COc1ccccc1F)OCC(=O)N1CCN(C(=O)c2ccco2)CC1. The van der Waals surface area contributed by atoms with E-state index in [1.54, 1.807) is 23.1 Å². The lowest BCUT2D eigenvalue weighted by Crippen LogP contribution is -2.51. The van der Waals surface area contributed by atoms with Crippen LogP contribution in [0.4, 0.5) is 4.39 Å². The Morgan fingerprint density at radius 2 is 1.68 bits per heavy atom. The first-order valence-corrected chi connectivity index (χ1v) is 8.68. The number of carbonyl (C=O) groups is 3. The van der Waals surface area contributed by atoms with E-state index in [1.807, 2.05) is 0 Å². The van der Waals surface area contributed by atoms with Gasteiger partial charge in [-0.1, -0.05) is 12.1 Å². The number of piperazine rings is 1. The predicted octanol–water partition coefficient (Wildman–Crippen LogP) is 1.33. The first-order valence-electron chi connectivity index (χ1n) is 8.68. The average molecular weight is 390 g/mol. The topological polar surface area (TPSA) is 89.3 Å². The lowest BCUT2D eigenvalue weighted by molar-refractivity contribution is -0.154. The van der Waals surface area contributed by atoms with Crippen molar-refractivity contribution in [2.45, 2.75) is 0 Å². The van der Waals surface area contributed by atoms with Crippen molar-refractivity contribution < 1.29 is 32.7 Å². The standard InChI is InChI=1S/C19H19FN2O6/c20-14-4-1-2-5-15(14)27-13-18(24)28-12-17(23)21-7-9-22(10-8-21)19(25)16-6-3-11-26-16/h1-6,11H,7-10,12-13H2. The average Bonchev–Trinajstić information content (AvgIpc) is 3.26. The molecule has 1 saturated heterocycles. The van der Waals surface area contributed by atoms with E-state index in [1.165, 1.54) is 29.4 Å². The Labute approximate surface area is 160 Å². The molecule has 0 aliphatic carbocycles. The van der Waals surface area contributed by atoms with Gasteiger partial charge >= 0.3 is 5.97 Å². The van der Waals surface area contributed by atoms with Gasteiger partial charge in [-0.2, -0.15) is 0 Å². The van der Waals surface area contributed by atoms with Gasteiger partial charge in [-0.05, 0) is 24.3 Å². The first kappa shape index (κ1) is 19.4. The molecule has 2 amide bonds. The van der Waals surface area contributed by atoms with Crippen molar-refractivity contribution in [2.24, 2.45) is 0 Å². The largest absolute Gasteiger partial charge is 0.479 e. The van der Waals surface area contributed by atoms with Crippen LogP contribution in [-0.2, 0) is 14.3 Å². The van der Waals surface area contributed by atoms with Crippen molar-refractivity contribution >= 4 is 17.8 Å². The number of esters is 1. The van der Waals surface area contributed by atoms with Crippen LogP contribution in [0.5, 0.6) is 5.75 Å². The quantitative estimate of drug-likeness (QED) is 0.692. The van der Waals surface area contributed by atoms with Crippen molar-refractivity contribution in [2.75, 3.05) is 39.4 Å². The summed E-state index contributed by atoms with van der Waals surface area (Å²) in [6.07, 6.45) is 1.43. The van der Waals surface area contributed by atoms with Gasteiger partial charge in [0.2, 0.25) is 0 Å². The van der Waals surface area contributed by atoms with Crippen LogP contribution in [0.25, 0.3) is 0 Å². The number of halogens is 1. The summed E-state index contributed by atoms with van der Waals surface area (Å²) in [6, 6.07) is 8.89. The van der Waals surface area contributed by atoms with E-state index < -0.39 is 25.0 Å². The second kappa shape index (κ2) is 9.03. The number of nitrogens with zero attached hydrogens (tertiary/aromatic N) is 2. The Morgan fingerprint density at radius 1 is 0.964 bits per heavy atom. The molecule has 0 radical (unpaired) electrons. The predicted molar refractivity (Wildman–Crippen MR) is 94.0 cm³/mol. The molecule has 1 fully saturated rings. The smallest absolute Gasteiger partial charge is 0.344 e. The molecule has 2 aromatic rings. The molecule has 0 atom stereocenters. The summed E-state index contributed by atoms with van der Waals surface area (Å²) in [7, 11) is 0. The molecule has 0 bridgehead atoms. The van der Waals surface area contributed by atoms with Gasteiger partial charge in [0.05, 0.1) is 6.26 Å². The number of para-hydroxylation sites is 1. The molecule has 0 saturated carbocycles. The normalized spacial score (nSPS) is 13.9. The van der Waals surface area contributed by atoms with Gasteiger partial charge < -0.3 is 23.7 Å². The van der Waals surface area contributed by atoms with E-state index >= 15 is 0 Å². The molecular weight excluding hydrogens is 371 g/mol. The van der Waals surface area contributed by atoms with E-state index in [0.29, 0.717) is 26.2 Å². The zero-order valence-electron chi connectivity index (χ0n) is 15.0. The van der Waals surface area contributed by atoms with Crippen LogP contribution >= 0.6 is 0 Å². The third-order valence-electron chi connectivity index (χ3n) is 4.19. The van der Waals surface area contributed by atoms with Crippen LogP contribution in [0, 0.1) is 5.82 Å². The molecular formula is C19H19FN2O6. The number of furan rings is 1. The molecule has 1 aliphatic heterocycles. The summed E-state index contributed by atoms with van der Waals surface area (Å²) < 4.78 is 28.4. The van der Waals surface area contributed by atoms with Gasteiger partial charge in [-0.25, -0.2) is 9.18 Å². The van der Waals surface area contributed by atoms with Gasteiger partial charge in [0.25, 0.3) is 11.8 Å². The number of hydrogen-bond donors (Lipinski definition) is 0. The molecule has 2 heterocycles. The Morgan fingerprint density at radius 3 is 2.36 bits per heavy atom. The summed E-state index contributed by atoms with van der Waals surface area (Å²) in [4.78, 5) is 39.1. The highest BCUT2D eigenvalue weighted by Crippen LogP contribution is 2.15. The van der Waals surface area contributed by atoms with E-state index in [2.05, 4.69) is 0 Å². The van der Waals surface area contributed by atoms with E-state index in [0.717, 1.165) is 0 Å². The summed E-state index contributed by atoms with van der Waals surface area (Å²) in [5.74, 6) is -1.78. The van der Waals surface area contributed by atoms with Gasteiger partial charge in [0, 0.05) is 26.2 Å². The third kappa shape index (κ3) is 4.87. The van der Waals surface area contributed by atoms with E-state index in [9.17, 15) is 18.8 Å². The van der Waals surface area contributed by atoms with Crippen molar-refractivity contribution in [1.29, 1.82) is 0 Å². The Hall–Kier alpha value is -3.36. The van der Waals surface area contributed by atoms with Gasteiger partial charge in [0.1, 0.15) is 0 Å².